The van der Waals surface area contributed by atoms with Gasteiger partial charge in [0.1, 0.15) is 0 Å². The van der Waals surface area contributed by atoms with E-state index in [1.165, 1.54) is 12.1 Å². The van der Waals surface area contributed by atoms with Crippen LogP contribution in [0.15, 0.2) is 66.1 Å². The Morgan fingerprint density at radius 1 is 1.19 bits per heavy atom. The van der Waals surface area contributed by atoms with Crippen LogP contribution in [0.1, 0.15) is 24.1 Å². The lowest BCUT2D eigenvalue weighted by molar-refractivity contribution is -0.385. The van der Waals surface area contributed by atoms with Gasteiger partial charge in [0.15, 0.2) is 0 Å². The Balaban J connectivity index is 1.83. The minimum Gasteiger partial charge on any atom is -0.306 e. The van der Waals surface area contributed by atoms with Crippen LogP contribution < -0.4 is 4.72 Å². The molecule has 0 bridgehead atoms. The van der Waals surface area contributed by atoms with E-state index < -0.39 is 21.0 Å². The maximum atomic E-state index is 12.7. The standard InChI is InChI=1S/C18H18N4O4S/c1-13-3-6-17(22(23)24)11-18(13)27(25,26)20-14(2)15-4-7-16(8-5-15)21-10-9-19-12-21/h3-12,14,20H,1-2H3. The molecule has 3 aromatic rings. The van der Waals surface area contributed by atoms with Crippen LogP contribution >= 0.6 is 0 Å². The smallest absolute Gasteiger partial charge is 0.270 e. The Morgan fingerprint density at radius 2 is 1.89 bits per heavy atom. The number of benzene rings is 2. The molecule has 1 heterocycles. The van der Waals surface area contributed by atoms with Crippen molar-refractivity contribution in [1.29, 1.82) is 0 Å². The number of nitro benzene ring substituents is 1. The summed E-state index contributed by atoms with van der Waals surface area (Å²) in [6.07, 6.45) is 5.16. The van der Waals surface area contributed by atoms with Gasteiger partial charge in [0, 0.05) is 36.3 Å². The number of non-ortho nitro benzene ring substituents is 1. The van der Waals surface area contributed by atoms with Crippen molar-refractivity contribution in [2.24, 2.45) is 0 Å². The molecule has 0 saturated heterocycles. The van der Waals surface area contributed by atoms with Crippen molar-refractivity contribution in [1.82, 2.24) is 14.3 Å². The van der Waals surface area contributed by atoms with E-state index >= 15 is 0 Å². The summed E-state index contributed by atoms with van der Waals surface area (Å²) < 4.78 is 29.9. The third-order valence-electron chi connectivity index (χ3n) is 4.20. The lowest BCUT2D eigenvalue weighted by Crippen LogP contribution is -2.27. The maximum absolute atomic E-state index is 12.7. The van der Waals surface area contributed by atoms with E-state index in [1.807, 2.05) is 35.0 Å². The third-order valence-corrected chi connectivity index (χ3v) is 5.88. The molecule has 0 saturated carbocycles. The minimum atomic E-state index is -3.92. The summed E-state index contributed by atoms with van der Waals surface area (Å²) in [5.41, 5.74) is 1.85. The van der Waals surface area contributed by atoms with Gasteiger partial charge in [-0.25, -0.2) is 18.1 Å². The topological polar surface area (TPSA) is 107 Å². The van der Waals surface area contributed by atoms with Crippen LogP contribution in [-0.4, -0.2) is 22.9 Å². The first kappa shape index (κ1) is 18.7. The zero-order valence-electron chi connectivity index (χ0n) is 14.7. The molecule has 0 spiro atoms. The highest BCUT2D eigenvalue weighted by molar-refractivity contribution is 7.89. The van der Waals surface area contributed by atoms with E-state index in [1.54, 1.807) is 26.4 Å². The quantitative estimate of drug-likeness (QED) is 0.517. The Labute approximate surface area is 156 Å². The summed E-state index contributed by atoms with van der Waals surface area (Å²) in [4.78, 5) is 14.2. The number of rotatable bonds is 6. The number of imidazole rings is 1. The fraction of sp³-hybridized carbons (Fsp3) is 0.167. The average Bonchev–Trinajstić information content (AvgIpc) is 3.16. The van der Waals surface area contributed by atoms with Gasteiger partial charge in [0.05, 0.1) is 16.1 Å². The van der Waals surface area contributed by atoms with Crippen LogP contribution in [0.2, 0.25) is 0 Å². The van der Waals surface area contributed by atoms with Crippen molar-refractivity contribution >= 4 is 15.7 Å². The van der Waals surface area contributed by atoms with Crippen molar-refractivity contribution in [3.8, 4) is 5.69 Å². The zero-order valence-corrected chi connectivity index (χ0v) is 15.6. The van der Waals surface area contributed by atoms with Crippen molar-refractivity contribution in [3.05, 3.63) is 82.4 Å². The molecule has 0 amide bonds. The number of nitrogens with one attached hydrogen (secondary N) is 1. The van der Waals surface area contributed by atoms with Gasteiger partial charge in [-0.3, -0.25) is 10.1 Å². The largest absolute Gasteiger partial charge is 0.306 e. The highest BCUT2D eigenvalue weighted by Gasteiger charge is 2.23. The predicted molar refractivity (Wildman–Crippen MR) is 100 cm³/mol. The Bertz CT molecular complexity index is 1060. The predicted octanol–water partition coefficient (Wildman–Crippen LogP) is 3.13. The molecule has 0 radical (unpaired) electrons. The molecule has 2 aromatic carbocycles. The van der Waals surface area contributed by atoms with Crippen LogP contribution in [0, 0.1) is 17.0 Å². The molecule has 0 fully saturated rings. The lowest BCUT2D eigenvalue weighted by atomic mass is 10.1. The molecule has 0 aliphatic heterocycles. The number of nitro groups is 1. The Morgan fingerprint density at radius 3 is 2.48 bits per heavy atom. The first-order chi connectivity index (χ1) is 12.8. The SMILES string of the molecule is Cc1ccc([N+](=O)[O-])cc1S(=O)(=O)NC(C)c1ccc(-n2ccnc2)cc1. The number of sulfonamides is 1. The molecule has 1 atom stereocenters. The van der Waals surface area contributed by atoms with Crippen molar-refractivity contribution in [3.63, 3.8) is 0 Å². The summed E-state index contributed by atoms with van der Waals surface area (Å²) in [7, 11) is -3.92. The number of hydrogen-bond donors (Lipinski definition) is 1. The van der Waals surface area contributed by atoms with Gasteiger partial charge < -0.3 is 4.57 Å². The monoisotopic (exact) mass is 386 g/mol. The Hall–Kier alpha value is -3.04. The van der Waals surface area contributed by atoms with E-state index in [0.717, 1.165) is 17.3 Å². The summed E-state index contributed by atoms with van der Waals surface area (Å²) in [5.74, 6) is 0. The van der Waals surface area contributed by atoms with Crippen LogP contribution in [0.3, 0.4) is 0 Å². The van der Waals surface area contributed by atoms with E-state index in [4.69, 9.17) is 0 Å². The van der Waals surface area contributed by atoms with Gasteiger partial charge in [-0.2, -0.15) is 0 Å². The van der Waals surface area contributed by atoms with Crippen molar-refractivity contribution in [2.75, 3.05) is 0 Å². The first-order valence-electron chi connectivity index (χ1n) is 8.13. The van der Waals surface area contributed by atoms with Crippen LogP contribution in [0.5, 0.6) is 0 Å². The van der Waals surface area contributed by atoms with E-state index in [9.17, 15) is 18.5 Å². The van der Waals surface area contributed by atoms with E-state index in [-0.39, 0.29) is 10.6 Å². The summed E-state index contributed by atoms with van der Waals surface area (Å²) >= 11 is 0. The summed E-state index contributed by atoms with van der Waals surface area (Å²) in [5, 5.41) is 10.9. The van der Waals surface area contributed by atoms with Crippen molar-refractivity contribution < 1.29 is 13.3 Å². The highest BCUT2D eigenvalue weighted by Crippen LogP contribution is 2.24. The number of aromatic nitrogens is 2. The van der Waals surface area contributed by atoms with E-state index in [0.29, 0.717) is 5.56 Å². The molecule has 140 valence electrons. The summed E-state index contributed by atoms with van der Waals surface area (Å²) in [6, 6.07) is 10.6. The van der Waals surface area contributed by atoms with Gasteiger partial charge in [0.2, 0.25) is 10.0 Å². The zero-order chi connectivity index (χ0) is 19.6. The lowest BCUT2D eigenvalue weighted by Gasteiger charge is -2.16. The van der Waals surface area contributed by atoms with Gasteiger partial charge >= 0.3 is 0 Å². The fourth-order valence-corrected chi connectivity index (χ4v) is 4.20. The molecule has 9 heteroatoms. The van der Waals surface area contributed by atoms with Crippen LogP contribution in [0.25, 0.3) is 5.69 Å². The van der Waals surface area contributed by atoms with Gasteiger partial charge in [-0.1, -0.05) is 18.2 Å². The molecule has 8 nitrogen and oxygen atoms in total. The normalized spacial score (nSPS) is 12.7. The fourth-order valence-electron chi connectivity index (χ4n) is 2.70. The van der Waals surface area contributed by atoms with Crippen LogP contribution in [-0.2, 0) is 10.0 Å². The number of nitrogens with zero attached hydrogens (tertiary/aromatic N) is 3. The molecule has 27 heavy (non-hydrogen) atoms. The van der Waals surface area contributed by atoms with Crippen molar-refractivity contribution in [2.45, 2.75) is 24.8 Å². The first-order valence-corrected chi connectivity index (χ1v) is 9.62. The average molecular weight is 386 g/mol. The highest BCUT2D eigenvalue weighted by atomic mass is 32.2. The van der Waals surface area contributed by atoms with E-state index in [2.05, 4.69) is 9.71 Å². The molecule has 3 rings (SSSR count). The maximum Gasteiger partial charge on any atom is 0.270 e. The molecule has 0 aliphatic rings. The molecule has 0 aliphatic carbocycles. The van der Waals surface area contributed by atoms with Gasteiger partial charge in [0.25, 0.3) is 5.69 Å². The van der Waals surface area contributed by atoms with Gasteiger partial charge in [-0.05, 0) is 37.1 Å². The minimum absolute atomic E-state index is 0.0985. The summed E-state index contributed by atoms with van der Waals surface area (Å²) in [6.45, 7) is 3.32. The molecule has 1 aromatic heterocycles. The third kappa shape index (κ3) is 4.04. The molecule has 1 unspecified atom stereocenters. The second kappa shape index (κ2) is 7.29. The molecule has 1 N–H and O–H groups in total. The second-order valence-corrected chi connectivity index (χ2v) is 7.79. The molecular weight excluding hydrogens is 368 g/mol. The number of hydrogen-bond acceptors (Lipinski definition) is 5. The molecular formula is C18H18N4O4S. The number of aryl methyl sites for hydroxylation is 1. The van der Waals surface area contributed by atoms with Gasteiger partial charge in [-0.15, -0.1) is 0 Å². The Kier molecular flexibility index (Phi) is 5.06. The second-order valence-electron chi connectivity index (χ2n) is 6.11. The van der Waals surface area contributed by atoms with Crippen LogP contribution in [0.4, 0.5) is 5.69 Å².